The van der Waals surface area contributed by atoms with Crippen LogP contribution < -0.4 is 15.5 Å². The summed E-state index contributed by atoms with van der Waals surface area (Å²) in [5, 5.41) is 7.00. The van der Waals surface area contributed by atoms with Gasteiger partial charge in [0.15, 0.2) is 0 Å². The molecule has 0 spiro atoms. The average Bonchev–Trinajstić information content (AvgIpc) is 2.75. The highest BCUT2D eigenvalue weighted by atomic mass is 35.5. The van der Waals surface area contributed by atoms with Crippen molar-refractivity contribution in [1.29, 1.82) is 0 Å². The van der Waals surface area contributed by atoms with Crippen LogP contribution in [-0.4, -0.2) is 18.0 Å². The normalized spacial score (nSPS) is 10.7. The predicted molar refractivity (Wildman–Crippen MR) is 118 cm³/mol. The van der Waals surface area contributed by atoms with Gasteiger partial charge < -0.3 is 10.1 Å². The maximum Gasteiger partial charge on any atom is 0.329 e. The number of nitrogens with one attached hydrogen (secondary N) is 2. The Balaban J connectivity index is 1.53. The van der Waals surface area contributed by atoms with E-state index < -0.39 is 17.6 Å². The molecule has 9 heteroatoms. The second-order valence-electron chi connectivity index (χ2n) is 6.23. The predicted octanol–water partition coefficient (Wildman–Crippen LogP) is 4.80. The summed E-state index contributed by atoms with van der Waals surface area (Å²) in [5.41, 5.74) is 3.79. The molecule has 3 aromatic rings. The van der Waals surface area contributed by atoms with Gasteiger partial charge >= 0.3 is 11.8 Å². The maximum atomic E-state index is 12.9. The van der Waals surface area contributed by atoms with E-state index in [1.807, 2.05) is 18.2 Å². The summed E-state index contributed by atoms with van der Waals surface area (Å²) >= 11 is 12.3. The number of hydrogen-bond donors (Lipinski definition) is 2. The maximum absolute atomic E-state index is 12.9. The van der Waals surface area contributed by atoms with Crippen LogP contribution in [0, 0.1) is 5.82 Å². The summed E-state index contributed by atoms with van der Waals surface area (Å²) in [6.07, 6.45) is 1.33. The van der Waals surface area contributed by atoms with Crippen molar-refractivity contribution in [3.63, 3.8) is 0 Å². The minimum absolute atomic E-state index is 0.256. The number of nitrogens with zero attached hydrogens (tertiary/aromatic N) is 1. The molecule has 31 heavy (non-hydrogen) atoms. The topological polar surface area (TPSA) is 79.8 Å². The number of halogens is 3. The third-order valence-electron chi connectivity index (χ3n) is 3.98. The molecule has 0 unspecified atom stereocenters. The molecule has 2 N–H and O–H groups in total. The first-order chi connectivity index (χ1) is 14.9. The van der Waals surface area contributed by atoms with Crippen LogP contribution in [0.4, 0.5) is 10.1 Å². The van der Waals surface area contributed by atoms with Crippen LogP contribution in [0.2, 0.25) is 10.0 Å². The molecule has 3 rings (SSSR count). The lowest BCUT2D eigenvalue weighted by Crippen LogP contribution is -2.32. The van der Waals surface area contributed by atoms with Crippen LogP contribution >= 0.6 is 23.2 Å². The van der Waals surface area contributed by atoms with Gasteiger partial charge in [-0.05, 0) is 54.1 Å². The lowest BCUT2D eigenvalue weighted by atomic mass is 10.2. The fourth-order valence-electron chi connectivity index (χ4n) is 2.42. The van der Waals surface area contributed by atoms with Gasteiger partial charge in [0.05, 0.1) is 11.2 Å². The van der Waals surface area contributed by atoms with Gasteiger partial charge in [0.25, 0.3) is 0 Å². The van der Waals surface area contributed by atoms with Crippen LogP contribution in [0.15, 0.2) is 71.8 Å². The van der Waals surface area contributed by atoms with Gasteiger partial charge in [0.2, 0.25) is 0 Å². The van der Waals surface area contributed by atoms with E-state index in [1.54, 1.807) is 24.3 Å². The minimum atomic E-state index is -0.980. The zero-order valence-electron chi connectivity index (χ0n) is 15.9. The van der Waals surface area contributed by atoms with Gasteiger partial charge in [-0.3, -0.25) is 9.59 Å². The van der Waals surface area contributed by atoms with Gasteiger partial charge in [0.1, 0.15) is 18.2 Å². The van der Waals surface area contributed by atoms with E-state index in [0.717, 1.165) is 17.7 Å². The molecule has 0 saturated carbocycles. The first-order valence-corrected chi connectivity index (χ1v) is 9.73. The number of hydrazone groups is 1. The summed E-state index contributed by atoms with van der Waals surface area (Å²) in [5.74, 6) is -1.91. The third-order valence-corrected chi connectivity index (χ3v) is 4.65. The minimum Gasteiger partial charge on any atom is -0.487 e. The molecule has 3 aromatic carbocycles. The van der Waals surface area contributed by atoms with E-state index >= 15 is 0 Å². The first-order valence-electron chi connectivity index (χ1n) is 8.98. The van der Waals surface area contributed by atoms with Crippen molar-refractivity contribution in [3.8, 4) is 5.75 Å². The second-order valence-corrected chi connectivity index (χ2v) is 7.04. The fourth-order valence-corrected chi connectivity index (χ4v) is 2.86. The Labute approximate surface area is 187 Å². The Morgan fingerprint density at radius 3 is 2.42 bits per heavy atom. The molecule has 6 nitrogen and oxygen atoms in total. The first kappa shape index (κ1) is 22.3. The summed E-state index contributed by atoms with van der Waals surface area (Å²) in [6.45, 7) is 0.256. The van der Waals surface area contributed by atoms with Crippen LogP contribution in [0.1, 0.15) is 11.1 Å². The number of rotatable bonds is 6. The van der Waals surface area contributed by atoms with Gasteiger partial charge in [-0.25, -0.2) is 9.82 Å². The zero-order valence-corrected chi connectivity index (χ0v) is 17.5. The van der Waals surface area contributed by atoms with Crippen molar-refractivity contribution in [2.75, 3.05) is 5.32 Å². The molecular formula is C22H16Cl2FN3O3. The van der Waals surface area contributed by atoms with Gasteiger partial charge in [-0.2, -0.15) is 5.10 Å². The van der Waals surface area contributed by atoms with Gasteiger partial charge in [-0.1, -0.05) is 41.4 Å². The molecule has 158 valence electrons. The lowest BCUT2D eigenvalue weighted by molar-refractivity contribution is -0.136. The van der Waals surface area contributed by atoms with Crippen LogP contribution in [0.5, 0.6) is 5.75 Å². The van der Waals surface area contributed by atoms with Crippen molar-refractivity contribution < 1.29 is 18.7 Å². The number of hydrogen-bond acceptors (Lipinski definition) is 4. The highest BCUT2D eigenvalue weighted by molar-refractivity contribution is 6.39. The molecule has 0 radical (unpaired) electrons. The molecule has 0 atom stereocenters. The smallest absolute Gasteiger partial charge is 0.329 e. The van der Waals surface area contributed by atoms with Crippen molar-refractivity contribution in [3.05, 3.63) is 93.7 Å². The van der Waals surface area contributed by atoms with Crippen molar-refractivity contribution in [1.82, 2.24) is 5.43 Å². The molecule has 0 aliphatic rings. The van der Waals surface area contributed by atoms with E-state index in [4.69, 9.17) is 27.9 Å². The summed E-state index contributed by atoms with van der Waals surface area (Å²) in [7, 11) is 0. The highest BCUT2D eigenvalue weighted by Gasteiger charge is 2.13. The van der Waals surface area contributed by atoms with E-state index in [1.165, 1.54) is 18.3 Å². The van der Waals surface area contributed by atoms with Crippen LogP contribution in [-0.2, 0) is 16.2 Å². The van der Waals surface area contributed by atoms with E-state index in [9.17, 15) is 14.0 Å². The number of benzene rings is 3. The summed E-state index contributed by atoms with van der Waals surface area (Å²) < 4.78 is 18.6. The Morgan fingerprint density at radius 1 is 0.968 bits per heavy atom. The van der Waals surface area contributed by atoms with Crippen molar-refractivity contribution in [2.45, 2.75) is 6.61 Å². The number of amides is 2. The number of anilines is 1. The second kappa shape index (κ2) is 10.6. The standard InChI is InChI=1S/C22H16Cl2FN3O3/c23-18-4-2-1-3-15(18)13-31-20-10-5-14(11-19(20)24)12-26-28-22(30)21(29)27-17-8-6-16(25)7-9-17/h1-12H,13H2,(H,27,29)(H,28,30)/b26-12-. The summed E-state index contributed by atoms with van der Waals surface area (Å²) in [6, 6.07) is 17.3. The molecule has 2 amide bonds. The Hall–Kier alpha value is -3.42. The van der Waals surface area contributed by atoms with Crippen LogP contribution in [0.3, 0.4) is 0 Å². The fraction of sp³-hybridized carbons (Fsp3) is 0.0455. The summed E-state index contributed by atoms with van der Waals surface area (Å²) in [4.78, 5) is 23.6. The zero-order chi connectivity index (χ0) is 22.2. The molecule has 0 aliphatic carbocycles. The third kappa shape index (κ3) is 6.53. The largest absolute Gasteiger partial charge is 0.487 e. The van der Waals surface area contributed by atoms with Crippen molar-refractivity contribution in [2.24, 2.45) is 5.10 Å². The monoisotopic (exact) mass is 459 g/mol. The van der Waals surface area contributed by atoms with E-state index in [-0.39, 0.29) is 12.3 Å². The number of carbonyl (C=O) groups excluding carboxylic acids is 2. The van der Waals surface area contributed by atoms with Gasteiger partial charge in [0, 0.05) is 16.3 Å². The number of carbonyl (C=O) groups is 2. The van der Waals surface area contributed by atoms with Crippen LogP contribution in [0.25, 0.3) is 0 Å². The molecule has 0 aliphatic heterocycles. The molecule has 0 bridgehead atoms. The number of ether oxygens (including phenoxy) is 1. The quantitative estimate of drug-likeness (QED) is 0.315. The molecular weight excluding hydrogens is 444 g/mol. The molecule has 0 heterocycles. The molecule has 0 saturated heterocycles. The van der Waals surface area contributed by atoms with E-state index in [0.29, 0.717) is 21.4 Å². The molecule has 0 fully saturated rings. The lowest BCUT2D eigenvalue weighted by Gasteiger charge is -2.09. The highest BCUT2D eigenvalue weighted by Crippen LogP contribution is 2.27. The Morgan fingerprint density at radius 2 is 1.71 bits per heavy atom. The Kier molecular flexibility index (Phi) is 7.59. The Bertz CT molecular complexity index is 1120. The van der Waals surface area contributed by atoms with Crippen molar-refractivity contribution >= 4 is 46.9 Å². The van der Waals surface area contributed by atoms with E-state index in [2.05, 4.69) is 15.8 Å². The van der Waals surface area contributed by atoms with Gasteiger partial charge in [-0.15, -0.1) is 0 Å². The molecule has 0 aromatic heterocycles. The SMILES string of the molecule is O=C(N/N=C\c1ccc(OCc2ccccc2Cl)c(Cl)c1)C(=O)Nc1ccc(F)cc1. The average molecular weight is 460 g/mol.